The molecule has 0 aliphatic rings. The Kier molecular flexibility index (Phi) is 4.87. The van der Waals surface area contributed by atoms with Crippen molar-refractivity contribution in [2.45, 2.75) is 6.42 Å². The van der Waals surface area contributed by atoms with Gasteiger partial charge in [-0.1, -0.05) is 30.3 Å². The molecule has 0 spiro atoms. The number of rotatable bonds is 5. The molecule has 3 heteroatoms. The van der Waals surface area contributed by atoms with Crippen LogP contribution in [0.5, 0.6) is 0 Å². The highest BCUT2D eigenvalue weighted by molar-refractivity contribution is 6.33. The van der Waals surface area contributed by atoms with Gasteiger partial charge in [-0.3, -0.25) is 9.79 Å². The lowest BCUT2D eigenvalue weighted by atomic mass is 10.1. The molecule has 0 unspecified atom stereocenters. The van der Waals surface area contributed by atoms with Gasteiger partial charge >= 0.3 is 0 Å². The lowest BCUT2D eigenvalue weighted by Gasteiger charge is -1.97. The second-order valence-electron chi connectivity index (χ2n) is 3.02. The third kappa shape index (κ3) is 4.22. The van der Waals surface area contributed by atoms with Crippen LogP contribution in [-0.2, 0) is 11.2 Å². The molecule has 0 saturated carbocycles. The van der Waals surface area contributed by atoms with Gasteiger partial charge in [-0.05, 0) is 24.3 Å². The number of carbonyl (C=O) groups excluding carboxylic acids is 1. The lowest BCUT2D eigenvalue weighted by molar-refractivity contribution is -0.102. The van der Waals surface area contributed by atoms with E-state index in [2.05, 4.69) is 4.99 Å². The molecule has 1 aromatic rings. The molecular formula is C12H14N2O. The molecule has 1 rings (SSSR count). The minimum absolute atomic E-state index is 0.383. The van der Waals surface area contributed by atoms with Crippen molar-refractivity contribution in [1.29, 1.82) is 0 Å². The summed E-state index contributed by atoms with van der Waals surface area (Å²) in [6.45, 7) is 0.600. The summed E-state index contributed by atoms with van der Waals surface area (Å²) >= 11 is 0. The van der Waals surface area contributed by atoms with E-state index < -0.39 is 0 Å². The lowest BCUT2D eigenvalue weighted by Crippen LogP contribution is -1.99. The van der Waals surface area contributed by atoms with Gasteiger partial charge < -0.3 is 5.73 Å². The number of aliphatic imine (C=N–C) groups is 1. The van der Waals surface area contributed by atoms with E-state index in [1.165, 1.54) is 17.8 Å². The van der Waals surface area contributed by atoms with Crippen LogP contribution in [0.25, 0.3) is 0 Å². The third-order valence-electron chi connectivity index (χ3n) is 1.93. The number of nitrogens with zero attached hydrogens (tertiary/aromatic N) is 1. The Labute approximate surface area is 89.3 Å². The minimum Gasteiger partial charge on any atom is -0.405 e. The highest BCUT2D eigenvalue weighted by Gasteiger charge is 1.92. The average Bonchev–Trinajstić information content (AvgIpc) is 2.29. The summed E-state index contributed by atoms with van der Waals surface area (Å²) in [5.41, 5.74) is 6.76. The Morgan fingerprint density at radius 2 is 2.07 bits per heavy atom. The van der Waals surface area contributed by atoms with Crippen molar-refractivity contribution in [3.05, 3.63) is 48.2 Å². The van der Waals surface area contributed by atoms with Crippen molar-refractivity contribution in [2.75, 3.05) is 6.54 Å². The highest BCUT2D eigenvalue weighted by atomic mass is 16.1. The van der Waals surface area contributed by atoms with Gasteiger partial charge in [0.2, 0.25) is 0 Å². The monoisotopic (exact) mass is 202 g/mol. The first-order chi connectivity index (χ1) is 7.36. The maximum Gasteiger partial charge on any atom is 0.168 e. The molecule has 0 aliphatic carbocycles. The Balaban J connectivity index is 2.47. The first-order valence-electron chi connectivity index (χ1n) is 4.78. The molecule has 0 aromatic heterocycles. The summed E-state index contributed by atoms with van der Waals surface area (Å²) in [5, 5.41) is 0. The smallest absolute Gasteiger partial charge is 0.168 e. The van der Waals surface area contributed by atoms with E-state index in [1.54, 1.807) is 0 Å². The Bertz CT molecular complexity index is 355. The number of carbonyl (C=O) groups is 1. The number of nitrogens with two attached hydrogens (primary N) is 1. The van der Waals surface area contributed by atoms with Gasteiger partial charge in [-0.15, -0.1) is 0 Å². The summed E-state index contributed by atoms with van der Waals surface area (Å²) in [6.07, 6.45) is 4.35. The van der Waals surface area contributed by atoms with Gasteiger partial charge in [0.05, 0.1) is 5.71 Å². The number of allylic oxidation sites excluding steroid dienone is 1. The number of hydrogen-bond acceptors (Lipinski definition) is 3. The van der Waals surface area contributed by atoms with Crippen LogP contribution < -0.4 is 5.73 Å². The van der Waals surface area contributed by atoms with E-state index in [1.807, 2.05) is 30.3 Å². The van der Waals surface area contributed by atoms with E-state index in [0.29, 0.717) is 18.5 Å². The molecule has 0 fully saturated rings. The summed E-state index contributed by atoms with van der Waals surface area (Å²) < 4.78 is 0. The zero-order valence-electron chi connectivity index (χ0n) is 8.47. The molecule has 0 bridgehead atoms. The maximum absolute atomic E-state index is 10.5. The maximum atomic E-state index is 10.5. The molecule has 0 radical (unpaired) electrons. The zero-order chi connectivity index (χ0) is 10.9. The van der Waals surface area contributed by atoms with Crippen LogP contribution in [-0.4, -0.2) is 18.5 Å². The van der Waals surface area contributed by atoms with Crippen LogP contribution in [0.3, 0.4) is 0 Å². The number of hydrogen-bond donors (Lipinski definition) is 1. The van der Waals surface area contributed by atoms with Crippen LogP contribution in [0.4, 0.5) is 0 Å². The van der Waals surface area contributed by atoms with E-state index in [4.69, 9.17) is 5.73 Å². The first kappa shape index (κ1) is 11.2. The van der Waals surface area contributed by atoms with Crippen molar-refractivity contribution in [1.82, 2.24) is 0 Å². The van der Waals surface area contributed by atoms with E-state index in [9.17, 15) is 4.79 Å². The van der Waals surface area contributed by atoms with E-state index in [-0.39, 0.29) is 0 Å². The fourth-order valence-electron chi connectivity index (χ4n) is 1.19. The second kappa shape index (κ2) is 6.54. The molecule has 78 valence electrons. The number of aldehydes is 1. The van der Waals surface area contributed by atoms with Crippen molar-refractivity contribution in [2.24, 2.45) is 10.7 Å². The first-order valence-corrected chi connectivity index (χ1v) is 4.78. The van der Waals surface area contributed by atoms with Crippen molar-refractivity contribution < 1.29 is 4.79 Å². The summed E-state index contributed by atoms with van der Waals surface area (Å²) in [7, 11) is 0. The molecule has 15 heavy (non-hydrogen) atoms. The van der Waals surface area contributed by atoms with Crippen LogP contribution in [0, 0.1) is 0 Å². The van der Waals surface area contributed by atoms with Gasteiger partial charge in [0.1, 0.15) is 0 Å². The van der Waals surface area contributed by atoms with Crippen molar-refractivity contribution in [3.8, 4) is 0 Å². The van der Waals surface area contributed by atoms with Gasteiger partial charge in [0, 0.05) is 6.54 Å². The molecule has 0 amide bonds. The molecule has 3 nitrogen and oxygen atoms in total. The molecule has 0 atom stereocenters. The van der Waals surface area contributed by atoms with Gasteiger partial charge in [-0.25, -0.2) is 0 Å². The SMILES string of the molecule is NC=CC(C=O)=NCCc1ccccc1. The fourth-order valence-corrected chi connectivity index (χ4v) is 1.19. The Hall–Kier alpha value is -1.90. The molecule has 2 N–H and O–H groups in total. The fraction of sp³-hybridized carbons (Fsp3) is 0.167. The van der Waals surface area contributed by atoms with E-state index >= 15 is 0 Å². The highest BCUT2D eigenvalue weighted by Crippen LogP contribution is 1.99. The van der Waals surface area contributed by atoms with Crippen molar-refractivity contribution >= 4 is 12.0 Å². The van der Waals surface area contributed by atoms with Crippen LogP contribution >= 0.6 is 0 Å². The third-order valence-corrected chi connectivity index (χ3v) is 1.93. The van der Waals surface area contributed by atoms with Crippen molar-refractivity contribution in [3.63, 3.8) is 0 Å². The summed E-state index contributed by atoms with van der Waals surface area (Å²) in [5.74, 6) is 0. The number of benzene rings is 1. The van der Waals surface area contributed by atoms with Gasteiger partial charge in [0.25, 0.3) is 0 Å². The predicted molar refractivity (Wildman–Crippen MR) is 61.8 cm³/mol. The van der Waals surface area contributed by atoms with Gasteiger partial charge in [0.15, 0.2) is 6.29 Å². The largest absolute Gasteiger partial charge is 0.405 e. The van der Waals surface area contributed by atoms with Crippen LogP contribution in [0.15, 0.2) is 47.6 Å². The molecule has 0 aliphatic heterocycles. The van der Waals surface area contributed by atoms with E-state index in [0.717, 1.165) is 6.42 Å². The van der Waals surface area contributed by atoms with Crippen LogP contribution in [0.1, 0.15) is 5.56 Å². The average molecular weight is 202 g/mol. The quantitative estimate of drug-likeness (QED) is 0.578. The zero-order valence-corrected chi connectivity index (χ0v) is 8.47. The van der Waals surface area contributed by atoms with Gasteiger partial charge in [-0.2, -0.15) is 0 Å². The normalized spacial score (nSPS) is 11.9. The summed E-state index contributed by atoms with van der Waals surface area (Å²) in [6, 6.07) is 10.0. The summed E-state index contributed by atoms with van der Waals surface area (Å²) in [4.78, 5) is 14.6. The van der Waals surface area contributed by atoms with Crippen LogP contribution in [0.2, 0.25) is 0 Å². The molecule has 1 aromatic carbocycles. The second-order valence-corrected chi connectivity index (χ2v) is 3.02. The Morgan fingerprint density at radius 1 is 1.33 bits per heavy atom. The topological polar surface area (TPSA) is 55.5 Å². The Morgan fingerprint density at radius 3 is 2.67 bits per heavy atom. The predicted octanol–water partition coefficient (Wildman–Crippen LogP) is 1.34. The minimum atomic E-state index is 0.383. The molecular weight excluding hydrogens is 188 g/mol. The molecule has 0 heterocycles. The standard InChI is InChI=1S/C12H14N2O/c13-8-6-12(10-15)14-9-7-11-4-2-1-3-5-11/h1-6,8,10H,7,9,13H2. The molecule has 0 saturated heterocycles.